The molecule has 0 fully saturated rings. The summed E-state index contributed by atoms with van der Waals surface area (Å²) in [5.41, 5.74) is 0. The average molecular weight is 316 g/mol. The lowest BCUT2D eigenvalue weighted by Crippen LogP contribution is -2.36. The maximum Gasteiger partial charge on any atom is 0.313 e. The van der Waals surface area contributed by atoms with Crippen molar-refractivity contribution in [2.75, 3.05) is 18.8 Å². The van der Waals surface area contributed by atoms with Crippen molar-refractivity contribution in [3.8, 4) is 0 Å². The Balaban J connectivity index is 3.05. The summed E-state index contributed by atoms with van der Waals surface area (Å²) in [6.07, 6.45) is 0. The van der Waals surface area contributed by atoms with Crippen LogP contribution in [0.1, 0.15) is 32.6 Å². The van der Waals surface area contributed by atoms with Crippen LogP contribution in [0, 0.1) is 0 Å². The molecular weight excluding hydrogens is 296 g/mol. The van der Waals surface area contributed by atoms with Crippen molar-refractivity contribution in [1.82, 2.24) is 19.7 Å². The summed E-state index contributed by atoms with van der Waals surface area (Å²) in [5.74, 6) is -1.04. The van der Waals surface area contributed by atoms with Gasteiger partial charge in [-0.1, -0.05) is 11.8 Å². The first-order valence-electron chi connectivity index (χ1n) is 6.64. The van der Waals surface area contributed by atoms with E-state index in [1.54, 1.807) is 11.8 Å². The number of rotatable bonds is 8. The molecule has 0 radical (unpaired) electrons. The highest BCUT2D eigenvalue weighted by atomic mass is 32.2. The minimum absolute atomic E-state index is 0.119. The van der Waals surface area contributed by atoms with E-state index in [9.17, 15) is 14.7 Å². The highest BCUT2D eigenvalue weighted by molar-refractivity contribution is 7.99. The molecule has 0 bridgehead atoms. The molecule has 8 nitrogen and oxygen atoms in total. The van der Waals surface area contributed by atoms with Crippen molar-refractivity contribution in [3.05, 3.63) is 5.82 Å². The molecule has 1 rings (SSSR count). The number of aromatic nitrogens is 3. The summed E-state index contributed by atoms with van der Waals surface area (Å²) in [5, 5.41) is 26.0. The van der Waals surface area contributed by atoms with E-state index >= 15 is 0 Å². The Kier molecular flexibility index (Phi) is 6.63. The minimum atomic E-state index is -0.983. The molecule has 1 heterocycles. The Labute approximate surface area is 127 Å². The van der Waals surface area contributed by atoms with E-state index in [-0.39, 0.29) is 24.1 Å². The zero-order valence-corrected chi connectivity index (χ0v) is 13.1. The van der Waals surface area contributed by atoms with Gasteiger partial charge >= 0.3 is 5.97 Å². The number of carboxylic acid groups (broad SMARTS) is 1. The van der Waals surface area contributed by atoms with Crippen LogP contribution in [-0.2, 0) is 16.2 Å². The molecule has 0 aliphatic carbocycles. The van der Waals surface area contributed by atoms with Crippen LogP contribution in [0.3, 0.4) is 0 Å². The van der Waals surface area contributed by atoms with Gasteiger partial charge in [0, 0.05) is 13.1 Å². The standard InChI is InChI=1S/C12H20N4O4S/c1-4-15(5-2)11(20)8(3)16-9(6-17)13-14-12(16)21-7-10(18)19/h8,17H,4-7H2,1-3H3,(H,18,19). The molecule has 0 aromatic carbocycles. The summed E-state index contributed by atoms with van der Waals surface area (Å²) in [6, 6.07) is -0.599. The van der Waals surface area contributed by atoms with Crippen LogP contribution in [0.5, 0.6) is 0 Å². The highest BCUT2D eigenvalue weighted by Crippen LogP contribution is 2.23. The number of hydrogen-bond donors (Lipinski definition) is 2. The fourth-order valence-corrected chi connectivity index (χ4v) is 2.69. The maximum absolute atomic E-state index is 12.4. The van der Waals surface area contributed by atoms with Crippen molar-refractivity contribution >= 4 is 23.6 Å². The Morgan fingerprint density at radius 1 is 1.33 bits per heavy atom. The third-order valence-corrected chi connectivity index (χ3v) is 3.95. The SMILES string of the molecule is CCN(CC)C(=O)C(C)n1c(CO)nnc1SCC(=O)O. The van der Waals surface area contributed by atoms with Gasteiger partial charge in [-0.2, -0.15) is 0 Å². The van der Waals surface area contributed by atoms with Gasteiger partial charge in [-0.05, 0) is 20.8 Å². The fraction of sp³-hybridized carbons (Fsp3) is 0.667. The minimum Gasteiger partial charge on any atom is -0.481 e. The first-order valence-corrected chi connectivity index (χ1v) is 7.62. The van der Waals surface area contributed by atoms with Crippen molar-refractivity contribution in [2.24, 2.45) is 0 Å². The number of carbonyl (C=O) groups excluding carboxylic acids is 1. The largest absolute Gasteiger partial charge is 0.481 e. The van der Waals surface area contributed by atoms with Gasteiger partial charge in [0.2, 0.25) is 5.91 Å². The summed E-state index contributed by atoms with van der Waals surface area (Å²) < 4.78 is 1.49. The van der Waals surface area contributed by atoms with Crippen molar-refractivity contribution in [2.45, 2.75) is 38.6 Å². The molecule has 1 aromatic heterocycles. The van der Waals surface area contributed by atoms with E-state index in [1.807, 2.05) is 13.8 Å². The molecular formula is C12H20N4O4S. The van der Waals surface area contributed by atoms with Gasteiger partial charge in [0.25, 0.3) is 0 Å². The molecule has 1 atom stereocenters. The predicted molar refractivity (Wildman–Crippen MR) is 76.9 cm³/mol. The Bertz CT molecular complexity index is 501. The monoisotopic (exact) mass is 316 g/mol. The van der Waals surface area contributed by atoms with E-state index in [1.165, 1.54) is 4.57 Å². The lowest BCUT2D eigenvalue weighted by atomic mass is 10.2. The summed E-state index contributed by atoms with van der Waals surface area (Å²) in [4.78, 5) is 24.7. The second kappa shape index (κ2) is 7.99. The number of nitrogens with zero attached hydrogens (tertiary/aromatic N) is 4. The van der Waals surface area contributed by atoms with E-state index in [4.69, 9.17) is 5.11 Å². The first-order chi connectivity index (χ1) is 9.96. The van der Waals surface area contributed by atoms with Crippen LogP contribution in [0.15, 0.2) is 5.16 Å². The van der Waals surface area contributed by atoms with Gasteiger partial charge < -0.3 is 15.1 Å². The molecule has 2 N–H and O–H groups in total. The number of hydrogen-bond acceptors (Lipinski definition) is 6. The van der Waals surface area contributed by atoms with Crippen LogP contribution >= 0.6 is 11.8 Å². The topological polar surface area (TPSA) is 109 Å². The molecule has 1 amide bonds. The first kappa shape index (κ1) is 17.4. The second-order valence-electron chi connectivity index (χ2n) is 4.30. The molecule has 1 unspecified atom stereocenters. The van der Waals surface area contributed by atoms with Gasteiger partial charge in [-0.15, -0.1) is 10.2 Å². The molecule has 0 aliphatic heterocycles. The van der Waals surface area contributed by atoms with Crippen molar-refractivity contribution in [1.29, 1.82) is 0 Å². The smallest absolute Gasteiger partial charge is 0.313 e. The van der Waals surface area contributed by atoms with Crippen LogP contribution < -0.4 is 0 Å². The van der Waals surface area contributed by atoms with Crippen LogP contribution in [-0.4, -0.2) is 60.6 Å². The third-order valence-electron chi connectivity index (χ3n) is 3.02. The van der Waals surface area contributed by atoms with Gasteiger partial charge in [-0.3, -0.25) is 14.2 Å². The van der Waals surface area contributed by atoms with Crippen LogP contribution in [0.25, 0.3) is 0 Å². The lowest BCUT2D eigenvalue weighted by Gasteiger charge is -2.24. The number of amides is 1. The molecule has 1 aromatic rings. The van der Waals surface area contributed by atoms with Gasteiger partial charge in [0.05, 0.1) is 5.75 Å². The molecule has 9 heteroatoms. The van der Waals surface area contributed by atoms with E-state index in [0.29, 0.717) is 18.2 Å². The van der Waals surface area contributed by atoms with Crippen molar-refractivity contribution < 1.29 is 19.8 Å². The normalized spacial score (nSPS) is 12.2. The Morgan fingerprint density at radius 3 is 2.43 bits per heavy atom. The molecule has 21 heavy (non-hydrogen) atoms. The highest BCUT2D eigenvalue weighted by Gasteiger charge is 2.25. The Hall–Kier alpha value is -1.61. The second-order valence-corrected chi connectivity index (χ2v) is 5.24. The molecule has 0 spiro atoms. The van der Waals surface area contributed by atoms with Gasteiger partial charge in [-0.25, -0.2) is 0 Å². The summed E-state index contributed by atoms with van der Waals surface area (Å²) in [6.45, 7) is 6.24. The summed E-state index contributed by atoms with van der Waals surface area (Å²) in [7, 11) is 0. The average Bonchev–Trinajstić information content (AvgIpc) is 2.88. The van der Waals surface area contributed by atoms with Gasteiger partial charge in [0.1, 0.15) is 12.6 Å². The van der Waals surface area contributed by atoms with Gasteiger partial charge in [0.15, 0.2) is 11.0 Å². The molecule has 118 valence electrons. The quantitative estimate of drug-likeness (QED) is 0.667. The van der Waals surface area contributed by atoms with E-state index < -0.39 is 12.0 Å². The number of aliphatic carboxylic acids is 1. The predicted octanol–water partition coefficient (Wildman–Crippen LogP) is 0.377. The number of aliphatic hydroxyl groups excluding tert-OH is 1. The number of likely N-dealkylation sites (N-methyl/N-ethyl adjacent to an activating group) is 1. The maximum atomic E-state index is 12.4. The van der Waals surface area contributed by atoms with Crippen molar-refractivity contribution in [3.63, 3.8) is 0 Å². The Morgan fingerprint density at radius 2 is 1.95 bits per heavy atom. The summed E-state index contributed by atoms with van der Waals surface area (Å²) >= 11 is 0.972. The zero-order chi connectivity index (χ0) is 16.0. The zero-order valence-electron chi connectivity index (χ0n) is 12.3. The number of thioether (sulfide) groups is 1. The number of carbonyl (C=O) groups is 2. The fourth-order valence-electron chi connectivity index (χ4n) is 1.94. The number of aliphatic hydroxyl groups is 1. The lowest BCUT2D eigenvalue weighted by molar-refractivity contribution is -0.134. The van der Waals surface area contributed by atoms with Crippen LogP contribution in [0.2, 0.25) is 0 Å². The third kappa shape index (κ3) is 4.18. The number of carboxylic acids is 1. The molecule has 0 saturated carbocycles. The van der Waals surface area contributed by atoms with Crippen LogP contribution in [0.4, 0.5) is 0 Å². The molecule has 0 saturated heterocycles. The molecule has 0 aliphatic rings. The van der Waals surface area contributed by atoms with E-state index in [0.717, 1.165) is 11.8 Å². The van der Waals surface area contributed by atoms with E-state index in [2.05, 4.69) is 10.2 Å².